The summed E-state index contributed by atoms with van der Waals surface area (Å²) in [6, 6.07) is 16.8. The summed E-state index contributed by atoms with van der Waals surface area (Å²) in [5.41, 5.74) is 1.99. The van der Waals surface area contributed by atoms with Gasteiger partial charge in [0.15, 0.2) is 0 Å². The Morgan fingerprint density at radius 3 is 2.18 bits per heavy atom. The third kappa shape index (κ3) is 3.57. The normalized spacial score (nSPS) is 21.5. The van der Waals surface area contributed by atoms with Gasteiger partial charge < -0.3 is 5.32 Å². The summed E-state index contributed by atoms with van der Waals surface area (Å²) in [4.78, 5) is 39.5. The summed E-state index contributed by atoms with van der Waals surface area (Å²) in [7, 11) is 0. The van der Waals surface area contributed by atoms with Crippen molar-refractivity contribution in [1.29, 1.82) is 0 Å². The standard InChI is InChI=1S/C23H24N2O3/c26-21(24-14-16-8-2-1-3-9-16)18-11-5-4-10-17(18)15-25-22(27)19-12-6-7-13-20(19)23(25)28/h1-3,6-9,12-13,17-18H,4-5,10-11,14-15H2,(H,24,26). The van der Waals surface area contributed by atoms with Crippen LogP contribution in [0.5, 0.6) is 0 Å². The van der Waals surface area contributed by atoms with Gasteiger partial charge in [-0.3, -0.25) is 19.3 Å². The smallest absolute Gasteiger partial charge is 0.261 e. The Labute approximate surface area is 164 Å². The molecule has 0 saturated heterocycles. The van der Waals surface area contributed by atoms with Crippen LogP contribution in [0.4, 0.5) is 0 Å². The third-order valence-electron chi connectivity index (χ3n) is 5.85. The lowest BCUT2D eigenvalue weighted by Gasteiger charge is -2.32. The molecular formula is C23H24N2O3. The molecule has 2 aromatic carbocycles. The maximum absolute atomic E-state index is 12.8. The Kier molecular flexibility index (Phi) is 5.24. The van der Waals surface area contributed by atoms with E-state index in [9.17, 15) is 14.4 Å². The van der Waals surface area contributed by atoms with Crippen molar-refractivity contribution in [2.75, 3.05) is 6.54 Å². The maximum atomic E-state index is 12.8. The fraction of sp³-hybridized carbons (Fsp3) is 0.348. The molecule has 1 aliphatic heterocycles. The monoisotopic (exact) mass is 376 g/mol. The number of hydrogen-bond donors (Lipinski definition) is 1. The molecule has 2 aromatic rings. The van der Waals surface area contributed by atoms with Gasteiger partial charge in [-0.05, 0) is 36.5 Å². The van der Waals surface area contributed by atoms with Gasteiger partial charge in [-0.25, -0.2) is 0 Å². The van der Waals surface area contributed by atoms with Crippen molar-refractivity contribution < 1.29 is 14.4 Å². The molecule has 2 unspecified atom stereocenters. The molecule has 1 aliphatic carbocycles. The van der Waals surface area contributed by atoms with E-state index in [1.807, 2.05) is 30.3 Å². The molecule has 1 saturated carbocycles. The summed E-state index contributed by atoms with van der Waals surface area (Å²) >= 11 is 0. The Bertz CT molecular complexity index is 859. The van der Waals surface area contributed by atoms with Crippen molar-refractivity contribution in [1.82, 2.24) is 10.2 Å². The molecule has 1 fully saturated rings. The van der Waals surface area contributed by atoms with Gasteiger partial charge in [0, 0.05) is 19.0 Å². The number of nitrogens with zero attached hydrogens (tertiary/aromatic N) is 1. The second-order valence-corrected chi connectivity index (χ2v) is 7.62. The molecule has 0 aromatic heterocycles. The van der Waals surface area contributed by atoms with Gasteiger partial charge in [-0.1, -0.05) is 55.3 Å². The van der Waals surface area contributed by atoms with E-state index in [0.29, 0.717) is 24.2 Å². The maximum Gasteiger partial charge on any atom is 0.261 e. The Morgan fingerprint density at radius 1 is 0.893 bits per heavy atom. The first-order chi connectivity index (χ1) is 13.6. The number of fused-ring (bicyclic) bond motifs is 1. The molecule has 5 heteroatoms. The molecular weight excluding hydrogens is 352 g/mol. The lowest BCUT2D eigenvalue weighted by atomic mass is 9.78. The van der Waals surface area contributed by atoms with Gasteiger partial charge in [0.1, 0.15) is 0 Å². The largest absolute Gasteiger partial charge is 0.352 e. The van der Waals surface area contributed by atoms with Crippen molar-refractivity contribution in [3.63, 3.8) is 0 Å². The molecule has 0 radical (unpaired) electrons. The summed E-state index contributed by atoms with van der Waals surface area (Å²) in [6.45, 7) is 0.811. The van der Waals surface area contributed by atoms with Crippen molar-refractivity contribution >= 4 is 17.7 Å². The first kappa shape index (κ1) is 18.4. The van der Waals surface area contributed by atoms with E-state index in [-0.39, 0.29) is 29.6 Å². The predicted molar refractivity (Wildman–Crippen MR) is 106 cm³/mol. The predicted octanol–water partition coefficient (Wildman–Crippen LogP) is 3.41. The highest BCUT2D eigenvalue weighted by atomic mass is 16.2. The average molecular weight is 376 g/mol. The van der Waals surface area contributed by atoms with E-state index < -0.39 is 0 Å². The number of nitrogens with one attached hydrogen (secondary N) is 1. The first-order valence-electron chi connectivity index (χ1n) is 9.92. The van der Waals surface area contributed by atoms with Crippen LogP contribution in [-0.4, -0.2) is 29.2 Å². The molecule has 28 heavy (non-hydrogen) atoms. The van der Waals surface area contributed by atoms with Crippen LogP contribution in [0, 0.1) is 11.8 Å². The van der Waals surface area contributed by atoms with Gasteiger partial charge in [0.05, 0.1) is 11.1 Å². The lowest BCUT2D eigenvalue weighted by molar-refractivity contribution is -0.128. The van der Waals surface area contributed by atoms with Crippen LogP contribution in [0.3, 0.4) is 0 Å². The Balaban J connectivity index is 1.44. The summed E-state index contributed by atoms with van der Waals surface area (Å²) < 4.78 is 0. The van der Waals surface area contributed by atoms with E-state index in [1.54, 1.807) is 24.3 Å². The average Bonchev–Trinajstić information content (AvgIpc) is 2.98. The number of carbonyl (C=O) groups is 3. The van der Waals surface area contributed by atoms with E-state index in [1.165, 1.54) is 4.90 Å². The van der Waals surface area contributed by atoms with Crippen LogP contribution in [0.1, 0.15) is 52.0 Å². The van der Waals surface area contributed by atoms with Crippen molar-refractivity contribution in [3.05, 3.63) is 71.3 Å². The van der Waals surface area contributed by atoms with E-state index >= 15 is 0 Å². The first-order valence-corrected chi connectivity index (χ1v) is 9.92. The zero-order valence-electron chi connectivity index (χ0n) is 15.8. The van der Waals surface area contributed by atoms with Crippen molar-refractivity contribution in [2.24, 2.45) is 11.8 Å². The van der Waals surface area contributed by atoms with Gasteiger partial charge in [-0.15, -0.1) is 0 Å². The highest BCUT2D eigenvalue weighted by molar-refractivity contribution is 6.21. The molecule has 1 N–H and O–H groups in total. The van der Waals surface area contributed by atoms with Crippen molar-refractivity contribution in [2.45, 2.75) is 32.2 Å². The number of imide groups is 1. The number of hydrogen-bond acceptors (Lipinski definition) is 3. The van der Waals surface area contributed by atoms with Crippen LogP contribution in [0.25, 0.3) is 0 Å². The molecule has 3 amide bonds. The minimum atomic E-state index is -0.241. The molecule has 4 rings (SSSR count). The van der Waals surface area contributed by atoms with Gasteiger partial charge in [0.2, 0.25) is 5.91 Å². The van der Waals surface area contributed by atoms with Gasteiger partial charge in [-0.2, -0.15) is 0 Å². The molecule has 1 heterocycles. The number of amides is 3. The quantitative estimate of drug-likeness (QED) is 0.814. The molecule has 0 bridgehead atoms. The molecule has 144 valence electrons. The van der Waals surface area contributed by atoms with Gasteiger partial charge >= 0.3 is 0 Å². The van der Waals surface area contributed by atoms with Crippen molar-refractivity contribution in [3.8, 4) is 0 Å². The van der Waals surface area contributed by atoms with Crippen LogP contribution in [0.15, 0.2) is 54.6 Å². The second kappa shape index (κ2) is 7.97. The fourth-order valence-corrected chi connectivity index (χ4v) is 4.33. The third-order valence-corrected chi connectivity index (χ3v) is 5.85. The molecule has 2 atom stereocenters. The highest BCUT2D eigenvalue weighted by Gasteiger charge is 2.39. The Hall–Kier alpha value is -2.95. The zero-order valence-corrected chi connectivity index (χ0v) is 15.8. The Morgan fingerprint density at radius 2 is 1.50 bits per heavy atom. The van der Waals surface area contributed by atoms with E-state index in [0.717, 1.165) is 31.2 Å². The highest BCUT2D eigenvalue weighted by Crippen LogP contribution is 2.33. The summed E-state index contributed by atoms with van der Waals surface area (Å²) in [5, 5.41) is 3.04. The number of benzene rings is 2. The molecule has 0 spiro atoms. The number of rotatable bonds is 5. The van der Waals surface area contributed by atoms with E-state index in [4.69, 9.17) is 0 Å². The molecule has 5 nitrogen and oxygen atoms in total. The molecule has 2 aliphatic rings. The number of carbonyl (C=O) groups excluding carboxylic acids is 3. The van der Waals surface area contributed by atoms with Crippen LogP contribution < -0.4 is 5.32 Å². The minimum Gasteiger partial charge on any atom is -0.352 e. The topological polar surface area (TPSA) is 66.5 Å². The van der Waals surface area contributed by atoms with E-state index in [2.05, 4.69) is 5.32 Å². The van der Waals surface area contributed by atoms with Crippen LogP contribution >= 0.6 is 0 Å². The lowest BCUT2D eigenvalue weighted by Crippen LogP contribution is -2.43. The van der Waals surface area contributed by atoms with Gasteiger partial charge in [0.25, 0.3) is 11.8 Å². The zero-order chi connectivity index (χ0) is 19.5. The minimum absolute atomic E-state index is 0.00624. The van der Waals surface area contributed by atoms with Crippen LogP contribution in [0.2, 0.25) is 0 Å². The summed E-state index contributed by atoms with van der Waals surface area (Å²) in [5.74, 6) is -0.622. The second-order valence-electron chi connectivity index (χ2n) is 7.62. The van der Waals surface area contributed by atoms with Crippen LogP contribution in [-0.2, 0) is 11.3 Å². The summed E-state index contributed by atoms with van der Waals surface area (Å²) in [6.07, 6.45) is 3.68. The fourth-order valence-electron chi connectivity index (χ4n) is 4.33. The SMILES string of the molecule is O=C(NCc1ccccc1)C1CCCCC1CN1C(=O)c2ccccc2C1=O.